The smallest absolute Gasteiger partial charge is 0.0683 e. The zero-order valence-electron chi connectivity index (χ0n) is 26.9. The second-order valence-corrected chi connectivity index (χ2v) is 11.8. The summed E-state index contributed by atoms with van der Waals surface area (Å²) in [4.78, 5) is 0. The second-order valence-electron chi connectivity index (χ2n) is 11.8. The number of hydrogen-bond acceptors (Lipinski definition) is 0. The predicted octanol–water partition coefficient (Wildman–Crippen LogP) is 12.4. The van der Waals surface area contributed by atoms with Gasteiger partial charge in [0.2, 0.25) is 0 Å². The van der Waals surface area contributed by atoms with Gasteiger partial charge in [-0.05, 0) is 92.7 Å². The van der Waals surface area contributed by atoms with Crippen molar-refractivity contribution < 1.29 is 0 Å². The average Bonchev–Trinajstić information content (AvgIpc) is 3.52. The Morgan fingerprint density at radius 2 is 0.705 bits per heavy atom. The van der Waals surface area contributed by atoms with Crippen molar-refractivity contribution in [2.45, 2.75) is 53.4 Å². The molecule has 8 rings (SSSR count). The lowest BCUT2D eigenvalue weighted by Crippen LogP contribution is -2.26. The van der Waals surface area contributed by atoms with E-state index in [1.165, 1.54) is 84.3 Å². The maximum Gasteiger partial charge on any atom is 0.0726 e. The summed E-state index contributed by atoms with van der Waals surface area (Å²) < 4.78 is 0. The van der Waals surface area contributed by atoms with Crippen molar-refractivity contribution in [2.75, 3.05) is 0 Å². The highest BCUT2D eigenvalue weighted by atomic mass is 14.5. The highest BCUT2D eigenvalue weighted by Gasteiger charge is 2.52. The second kappa shape index (κ2) is 12.1. The quantitative estimate of drug-likeness (QED) is 0.194. The van der Waals surface area contributed by atoms with Crippen LogP contribution in [0.5, 0.6) is 0 Å². The van der Waals surface area contributed by atoms with E-state index in [2.05, 4.69) is 161 Å². The normalized spacial score (nSPS) is 12.6. The third-order valence-corrected chi connectivity index (χ3v) is 8.80. The van der Waals surface area contributed by atoms with Gasteiger partial charge in [0.1, 0.15) is 0 Å². The fourth-order valence-electron chi connectivity index (χ4n) is 7.08. The molecule has 0 atom stereocenters. The molecular formula is C44H42. The first-order valence-electron chi connectivity index (χ1n) is 16.2. The first-order valence-corrected chi connectivity index (χ1v) is 16.2. The van der Waals surface area contributed by atoms with Crippen LogP contribution in [0.15, 0.2) is 133 Å². The van der Waals surface area contributed by atoms with Gasteiger partial charge in [0, 0.05) is 0 Å². The molecule has 0 heteroatoms. The lowest BCUT2D eigenvalue weighted by molar-refractivity contribution is 0.792. The van der Waals surface area contributed by atoms with Gasteiger partial charge in [-0.1, -0.05) is 167 Å². The summed E-state index contributed by atoms with van der Waals surface area (Å²) in [6, 6.07) is 49.9. The lowest BCUT2D eigenvalue weighted by Gasteiger charge is -2.31. The Balaban J connectivity index is 0.000000649. The molecule has 0 aliphatic heterocycles. The molecule has 0 nitrogen and oxygen atoms in total. The van der Waals surface area contributed by atoms with E-state index >= 15 is 0 Å². The van der Waals surface area contributed by atoms with Gasteiger partial charge < -0.3 is 0 Å². The Labute approximate surface area is 264 Å². The van der Waals surface area contributed by atoms with Gasteiger partial charge in [-0.2, -0.15) is 0 Å². The van der Waals surface area contributed by atoms with Gasteiger partial charge in [-0.15, -0.1) is 0 Å². The molecule has 0 amide bonds. The standard InChI is InChI=1S/C39H28.C3H8.C2H6/c1-25-13-17-31-32-18-14-26(2)22-36(32)39(35(31)21-25)37-23-29(27-9-5-3-6-10-27)15-19-33(37)34-20-16-30(24-38(34)39)28-11-7-4-8-12-28;1-3-2;1-2/h3-24H,1-2H3;3H2,1-2H3;1-2H3. The fourth-order valence-corrected chi connectivity index (χ4v) is 7.08. The summed E-state index contributed by atoms with van der Waals surface area (Å²) in [6.07, 6.45) is 1.25. The van der Waals surface area contributed by atoms with Gasteiger partial charge >= 0.3 is 0 Å². The summed E-state index contributed by atoms with van der Waals surface area (Å²) in [7, 11) is 0. The van der Waals surface area contributed by atoms with Crippen LogP contribution in [-0.2, 0) is 5.41 Å². The van der Waals surface area contributed by atoms with Crippen molar-refractivity contribution in [3.8, 4) is 44.5 Å². The highest BCUT2D eigenvalue weighted by molar-refractivity contribution is 5.97. The van der Waals surface area contributed by atoms with Crippen LogP contribution in [0.4, 0.5) is 0 Å². The first-order chi connectivity index (χ1) is 21.6. The van der Waals surface area contributed by atoms with E-state index in [-0.39, 0.29) is 5.41 Å². The number of fused-ring (bicyclic) bond motifs is 10. The molecule has 0 saturated heterocycles. The first kappa shape index (κ1) is 29.4. The predicted molar refractivity (Wildman–Crippen MR) is 190 cm³/mol. The zero-order chi connectivity index (χ0) is 30.8. The fraction of sp³-hybridized carbons (Fsp3) is 0.182. The van der Waals surface area contributed by atoms with Crippen molar-refractivity contribution in [1.82, 2.24) is 0 Å². The molecule has 6 aromatic rings. The van der Waals surface area contributed by atoms with Gasteiger partial charge in [0.05, 0.1) is 5.41 Å². The summed E-state index contributed by atoms with van der Waals surface area (Å²) in [5.41, 5.74) is 18.2. The lowest BCUT2D eigenvalue weighted by atomic mass is 9.69. The summed E-state index contributed by atoms with van der Waals surface area (Å²) in [6.45, 7) is 12.7. The molecule has 0 bridgehead atoms. The number of hydrogen-bond donors (Lipinski definition) is 0. The van der Waals surface area contributed by atoms with Crippen molar-refractivity contribution >= 4 is 0 Å². The minimum Gasteiger partial charge on any atom is -0.0683 e. The van der Waals surface area contributed by atoms with Gasteiger partial charge in [0.25, 0.3) is 0 Å². The third kappa shape index (κ3) is 4.61. The van der Waals surface area contributed by atoms with E-state index < -0.39 is 0 Å². The van der Waals surface area contributed by atoms with E-state index in [9.17, 15) is 0 Å². The van der Waals surface area contributed by atoms with Crippen molar-refractivity contribution in [2.24, 2.45) is 0 Å². The molecule has 0 N–H and O–H groups in total. The maximum absolute atomic E-state index is 2.47. The third-order valence-electron chi connectivity index (χ3n) is 8.80. The number of rotatable bonds is 2. The van der Waals surface area contributed by atoms with Crippen LogP contribution < -0.4 is 0 Å². The van der Waals surface area contributed by atoms with Crippen LogP contribution in [0.1, 0.15) is 67.5 Å². The van der Waals surface area contributed by atoms with E-state index in [0.717, 1.165) is 0 Å². The largest absolute Gasteiger partial charge is 0.0726 e. The maximum atomic E-state index is 2.47. The molecule has 6 aromatic carbocycles. The molecule has 2 aliphatic carbocycles. The van der Waals surface area contributed by atoms with Crippen molar-refractivity contribution in [3.05, 3.63) is 167 Å². The van der Waals surface area contributed by atoms with E-state index in [1.54, 1.807) is 0 Å². The van der Waals surface area contributed by atoms with Crippen molar-refractivity contribution in [1.29, 1.82) is 0 Å². The van der Waals surface area contributed by atoms with Crippen LogP contribution in [0.25, 0.3) is 44.5 Å². The highest BCUT2D eigenvalue weighted by Crippen LogP contribution is 2.63. The molecule has 2 aliphatic rings. The number of benzene rings is 6. The molecule has 0 aromatic heterocycles. The monoisotopic (exact) mass is 570 g/mol. The van der Waals surface area contributed by atoms with Crippen LogP contribution in [0.3, 0.4) is 0 Å². The molecule has 0 unspecified atom stereocenters. The van der Waals surface area contributed by atoms with Crippen LogP contribution in [0, 0.1) is 13.8 Å². The van der Waals surface area contributed by atoms with Gasteiger partial charge in [0.15, 0.2) is 0 Å². The zero-order valence-corrected chi connectivity index (χ0v) is 26.9. The molecule has 0 saturated carbocycles. The Morgan fingerprint density at radius 3 is 1.07 bits per heavy atom. The Morgan fingerprint density at radius 1 is 0.386 bits per heavy atom. The Hall–Kier alpha value is -4.68. The topological polar surface area (TPSA) is 0 Å². The van der Waals surface area contributed by atoms with Gasteiger partial charge in [-0.25, -0.2) is 0 Å². The van der Waals surface area contributed by atoms with E-state index in [4.69, 9.17) is 0 Å². The number of aryl methyl sites for hydroxylation is 2. The molecule has 0 fully saturated rings. The average molecular weight is 571 g/mol. The van der Waals surface area contributed by atoms with E-state index in [0.29, 0.717) is 0 Å². The minimum atomic E-state index is -0.358. The molecule has 0 heterocycles. The molecule has 218 valence electrons. The molecule has 44 heavy (non-hydrogen) atoms. The summed E-state index contributed by atoms with van der Waals surface area (Å²) in [5.74, 6) is 0. The van der Waals surface area contributed by atoms with E-state index in [1.807, 2.05) is 13.8 Å². The van der Waals surface area contributed by atoms with Crippen LogP contribution >= 0.6 is 0 Å². The Kier molecular flexibility index (Phi) is 8.11. The SMILES string of the molecule is CC.CCC.Cc1ccc2c(c1)C1(c3cc(C)ccc3-2)c2cc(-c3ccccc3)ccc2-c2ccc(-c3ccccc3)cc21. The Bertz CT molecular complexity index is 1780. The van der Waals surface area contributed by atoms with Gasteiger partial charge in [-0.3, -0.25) is 0 Å². The van der Waals surface area contributed by atoms with Crippen LogP contribution in [0.2, 0.25) is 0 Å². The van der Waals surface area contributed by atoms with Crippen LogP contribution in [-0.4, -0.2) is 0 Å². The summed E-state index contributed by atoms with van der Waals surface area (Å²) >= 11 is 0. The molecule has 0 radical (unpaired) electrons. The minimum absolute atomic E-state index is 0.358. The molecular weight excluding hydrogens is 528 g/mol. The summed E-state index contributed by atoms with van der Waals surface area (Å²) in [5, 5.41) is 0. The molecule has 1 spiro atoms. The van der Waals surface area contributed by atoms with Crippen molar-refractivity contribution in [3.63, 3.8) is 0 Å².